The van der Waals surface area contributed by atoms with Gasteiger partial charge in [0.2, 0.25) is 5.91 Å². The van der Waals surface area contributed by atoms with Gasteiger partial charge in [-0.1, -0.05) is 38.1 Å². The fourth-order valence-electron chi connectivity index (χ4n) is 3.83. The Hall–Kier alpha value is -2.50. The van der Waals surface area contributed by atoms with Crippen LogP contribution in [0, 0.1) is 5.92 Å². The van der Waals surface area contributed by atoms with E-state index in [-0.39, 0.29) is 11.8 Å². The highest BCUT2D eigenvalue weighted by Gasteiger charge is 2.24. The third kappa shape index (κ3) is 5.99. The van der Waals surface area contributed by atoms with E-state index < -0.39 is 0 Å². The molecule has 1 aromatic carbocycles. The molecule has 1 fully saturated rings. The van der Waals surface area contributed by atoms with E-state index in [1.807, 2.05) is 18.7 Å². The van der Waals surface area contributed by atoms with Gasteiger partial charge in [-0.2, -0.15) is 0 Å². The van der Waals surface area contributed by atoms with E-state index in [2.05, 4.69) is 58.9 Å². The van der Waals surface area contributed by atoms with Gasteiger partial charge in [-0.15, -0.1) is 0 Å². The number of anilines is 1. The Bertz CT molecular complexity index is 727. The van der Waals surface area contributed by atoms with Crippen molar-refractivity contribution in [1.82, 2.24) is 15.5 Å². The van der Waals surface area contributed by atoms with Crippen LogP contribution >= 0.6 is 0 Å². The first-order valence-corrected chi connectivity index (χ1v) is 10.9. The summed E-state index contributed by atoms with van der Waals surface area (Å²) < 4.78 is 0. The van der Waals surface area contributed by atoms with Crippen molar-refractivity contribution < 1.29 is 4.79 Å². The highest BCUT2D eigenvalue weighted by Crippen LogP contribution is 2.19. The predicted molar refractivity (Wildman–Crippen MR) is 120 cm³/mol. The molecule has 0 unspecified atom stereocenters. The summed E-state index contributed by atoms with van der Waals surface area (Å²) in [6.07, 6.45) is 6.33. The molecule has 0 bridgehead atoms. The first kappa shape index (κ1) is 21.2. The second-order valence-electron chi connectivity index (χ2n) is 8.14. The maximum atomic E-state index is 12.2. The van der Waals surface area contributed by atoms with Gasteiger partial charge in [-0.25, -0.2) is 4.99 Å². The number of benzene rings is 1. The van der Waals surface area contributed by atoms with Crippen LogP contribution < -0.4 is 15.5 Å². The highest BCUT2D eigenvalue weighted by molar-refractivity contribution is 5.80. The van der Waals surface area contributed by atoms with Gasteiger partial charge in [-0.3, -0.25) is 4.79 Å². The van der Waals surface area contributed by atoms with Crippen molar-refractivity contribution in [2.45, 2.75) is 46.2 Å². The lowest BCUT2D eigenvalue weighted by molar-refractivity contribution is -0.135. The van der Waals surface area contributed by atoms with Crippen molar-refractivity contribution in [3.8, 4) is 0 Å². The molecule has 29 heavy (non-hydrogen) atoms. The number of nitrogens with zero attached hydrogens (tertiary/aromatic N) is 3. The minimum atomic E-state index is 0.0745. The van der Waals surface area contributed by atoms with Gasteiger partial charge in [0.25, 0.3) is 0 Å². The zero-order chi connectivity index (χ0) is 20.6. The largest absolute Gasteiger partial charge is 0.364 e. The summed E-state index contributed by atoms with van der Waals surface area (Å²) in [4.78, 5) is 21.3. The molecule has 0 atom stereocenters. The molecular weight excluding hydrogens is 362 g/mol. The van der Waals surface area contributed by atoms with E-state index in [1.165, 1.54) is 11.3 Å². The van der Waals surface area contributed by atoms with Crippen LogP contribution in [-0.4, -0.2) is 55.5 Å². The second kappa shape index (κ2) is 10.3. The normalized spacial score (nSPS) is 17.9. The Morgan fingerprint density at radius 1 is 1.21 bits per heavy atom. The van der Waals surface area contributed by atoms with Gasteiger partial charge >= 0.3 is 0 Å². The zero-order valence-corrected chi connectivity index (χ0v) is 18.0. The van der Waals surface area contributed by atoms with E-state index in [0.717, 1.165) is 51.5 Å². The second-order valence-corrected chi connectivity index (χ2v) is 8.14. The minimum Gasteiger partial charge on any atom is -0.364 e. The molecule has 0 aromatic heterocycles. The Kier molecular flexibility index (Phi) is 7.55. The SMILES string of the molecule is CCNC(=NCc1cccc(N2CC=CC2)c1)NC1CCN(C(=O)C(C)C)CC1. The number of amides is 1. The summed E-state index contributed by atoms with van der Waals surface area (Å²) in [7, 11) is 0. The number of rotatable bonds is 6. The third-order valence-electron chi connectivity index (χ3n) is 5.50. The van der Waals surface area contributed by atoms with Gasteiger partial charge in [0.15, 0.2) is 5.96 Å². The first-order chi connectivity index (χ1) is 14.1. The van der Waals surface area contributed by atoms with Crippen LogP contribution in [-0.2, 0) is 11.3 Å². The van der Waals surface area contributed by atoms with Crippen LogP contribution in [0.25, 0.3) is 0 Å². The molecule has 0 aliphatic carbocycles. The van der Waals surface area contributed by atoms with Crippen LogP contribution in [0.4, 0.5) is 5.69 Å². The standard InChI is InChI=1S/C23H35N5O/c1-4-24-23(26-20-10-14-28(15-11-20)22(29)18(2)3)25-17-19-8-7-9-21(16-19)27-12-5-6-13-27/h5-9,16,18,20H,4,10-15,17H2,1-3H3,(H2,24,25,26). The number of likely N-dealkylation sites (tertiary alicyclic amines) is 1. The maximum absolute atomic E-state index is 12.2. The van der Waals surface area contributed by atoms with Crippen molar-refractivity contribution in [1.29, 1.82) is 0 Å². The van der Waals surface area contributed by atoms with Crippen LogP contribution in [0.5, 0.6) is 0 Å². The van der Waals surface area contributed by atoms with Gasteiger partial charge in [0, 0.05) is 50.4 Å². The third-order valence-corrected chi connectivity index (χ3v) is 5.50. The summed E-state index contributed by atoms with van der Waals surface area (Å²) in [5.74, 6) is 1.19. The number of nitrogens with one attached hydrogen (secondary N) is 2. The number of carbonyl (C=O) groups excluding carboxylic acids is 1. The van der Waals surface area contributed by atoms with Crippen molar-refractivity contribution in [3.05, 3.63) is 42.0 Å². The minimum absolute atomic E-state index is 0.0745. The van der Waals surface area contributed by atoms with E-state index in [4.69, 9.17) is 4.99 Å². The molecule has 0 saturated carbocycles. The van der Waals surface area contributed by atoms with Crippen LogP contribution in [0.15, 0.2) is 41.4 Å². The first-order valence-electron chi connectivity index (χ1n) is 10.9. The molecule has 2 heterocycles. The molecule has 1 saturated heterocycles. The van der Waals surface area contributed by atoms with E-state index in [9.17, 15) is 4.79 Å². The molecule has 0 radical (unpaired) electrons. The van der Waals surface area contributed by atoms with Gasteiger partial charge < -0.3 is 20.4 Å². The van der Waals surface area contributed by atoms with Gasteiger partial charge in [0.05, 0.1) is 6.54 Å². The molecule has 0 spiro atoms. The van der Waals surface area contributed by atoms with Crippen LogP contribution in [0.3, 0.4) is 0 Å². The van der Waals surface area contributed by atoms with Crippen molar-refractivity contribution >= 4 is 17.6 Å². The van der Waals surface area contributed by atoms with E-state index >= 15 is 0 Å². The number of guanidine groups is 1. The number of hydrogen-bond donors (Lipinski definition) is 2. The topological polar surface area (TPSA) is 60.0 Å². The Morgan fingerprint density at radius 2 is 1.93 bits per heavy atom. The van der Waals surface area contributed by atoms with Gasteiger partial charge in [0.1, 0.15) is 0 Å². The highest BCUT2D eigenvalue weighted by atomic mass is 16.2. The summed E-state index contributed by atoms with van der Waals surface area (Å²) in [6, 6.07) is 8.99. The summed E-state index contributed by atoms with van der Waals surface area (Å²) in [6.45, 7) is 11.1. The molecule has 1 aromatic rings. The van der Waals surface area contributed by atoms with Crippen molar-refractivity contribution in [2.24, 2.45) is 10.9 Å². The van der Waals surface area contributed by atoms with Crippen LogP contribution in [0.2, 0.25) is 0 Å². The average Bonchev–Trinajstić information content (AvgIpc) is 3.27. The molecular formula is C23H35N5O. The quantitative estimate of drug-likeness (QED) is 0.440. The maximum Gasteiger partial charge on any atom is 0.225 e. The van der Waals surface area contributed by atoms with E-state index in [1.54, 1.807) is 0 Å². The Balaban J connectivity index is 1.55. The average molecular weight is 398 g/mol. The smallest absolute Gasteiger partial charge is 0.225 e. The fourth-order valence-corrected chi connectivity index (χ4v) is 3.83. The summed E-state index contributed by atoms with van der Waals surface area (Å²) in [5, 5.41) is 6.93. The Morgan fingerprint density at radius 3 is 2.59 bits per heavy atom. The molecule has 2 aliphatic heterocycles. The van der Waals surface area contributed by atoms with Crippen molar-refractivity contribution in [2.75, 3.05) is 37.6 Å². The zero-order valence-electron chi connectivity index (χ0n) is 18.0. The molecule has 6 heteroatoms. The fraction of sp³-hybridized carbons (Fsp3) is 0.565. The predicted octanol–water partition coefficient (Wildman–Crippen LogP) is 2.76. The lowest BCUT2D eigenvalue weighted by Crippen LogP contribution is -2.50. The molecule has 2 N–H and O–H groups in total. The van der Waals surface area contributed by atoms with E-state index in [0.29, 0.717) is 12.6 Å². The molecule has 2 aliphatic rings. The lowest BCUT2D eigenvalue weighted by atomic mass is 10.0. The number of piperidine rings is 1. The van der Waals surface area contributed by atoms with Crippen LogP contribution in [0.1, 0.15) is 39.2 Å². The number of aliphatic imine (C=N–C) groups is 1. The number of hydrogen-bond acceptors (Lipinski definition) is 3. The Labute approximate surface area is 175 Å². The summed E-state index contributed by atoms with van der Waals surface area (Å²) >= 11 is 0. The van der Waals surface area contributed by atoms with Gasteiger partial charge in [-0.05, 0) is 37.5 Å². The van der Waals surface area contributed by atoms with Crippen molar-refractivity contribution in [3.63, 3.8) is 0 Å². The number of carbonyl (C=O) groups is 1. The molecule has 158 valence electrons. The molecule has 6 nitrogen and oxygen atoms in total. The molecule has 1 amide bonds. The summed E-state index contributed by atoms with van der Waals surface area (Å²) in [5.41, 5.74) is 2.46. The lowest BCUT2D eigenvalue weighted by Gasteiger charge is -2.34. The molecule has 3 rings (SSSR count). The monoisotopic (exact) mass is 397 g/mol.